The summed E-state index contributed by atoms with van der Waals surface area (Å²) in [4.78, 5) is 0. The number of hydrogen-bond acceptors (Lipinski definition) is 5. The highest BCUT2D eigenvalue weighted by molar-refractivity contribution is 7.60. The second kappa shape index (κ2) is 4.16. The predicted octanol–water partition coefficient (Wildman–Crippen LogP) is 1.78. The van der Waals surface area contributed by atoms with E-state index in [1.54, 1.807) is 0 Å². The van der Waals surface area contributed by atoms with Crippen molar-refractivity contribution in [1.82, 2.24) is 0 Å². The molecule has 0 aliphatic rings. The first-order valence-electron chi connectivity index (χ1n) is 2.36. The molecule has 0 aromatic heterocycles. The largest absolute Gasteiger partial charge is 0.705 e. The van der Waals surface area contributed by atoms with Gasteiger partial charge in [-0.15, -0.1) is 4.52 Å². The molecule has 0 saturated carbocycles. The molecule has 7 heteroatoms. The maximum atomic E-state index is 10.8. The van der Waals surface area contributed by atoms with Gasteiger partial charge in [0.2, 0.25) is 0 Å². The molecule has 0 amide bonds. The molecule has 0 aliphatic carbocycles. The summed E-state index contributed by atoms with van der Waals surface area (Å²) in [5, 5.41) is 0. The zero-order valence-corrected chi connectivity index (χ0v) is 7.72. The lowest BCUT2D eigenvalue weighted by atomic mass is 11.8. The molecule has 0 heterocycles. The average Bonchev–Trinajstić information content (AvgIpc) is 1.87. The van der Waals surface area contributed by atoms with Gasteiger partial charge in [-0.1, -0.05) is 0 Å². The number of hydrogen-bond donors (Lipinski definition) is 0. The minimum Gasteiger partial charge on any atom is -0.310 e. The Balaban J connectivity index is 3.89. The van der Waals surface area contributed by atoms with Crippen molar-refractivity contribution in [2.45, 2.75) is 0 Å². The van der Waals surface area contributed by atoms with Crippen molar-refractivity contribution in [1.29, 1.82) is 0 Å². The van der Waals surface area contributed by atoms with Crippen LogP contribution in [-0.4, -0.2) is 20.9 Å². The van der Waals surface area contributed by atoms with Crippen LogP contribution in [0, 0.1) is 0 Å². The Morgan fingerprint density at radius 1 is 1.40 bits per heavy atom. The van der Waals surface area contributed by atoms with Gasteiger partial charge in [-0.2, -0.15) is 0 Å². The fraction of sp³-hybridized carbons (Fsp3) is 1.00. The van der Waals surface area contributed by atoms with E-state index in [2.05, 4.69) is 13.4 Å². The average molecular weight is 187 g/mol. The Labute approximate surface area is 60.2 Å². The smallest absolute Gasteiger partial charge is 0.310 e. The van der Waals surface area contributed by atoms with E-state index in [1.807, 2.05) is 0 Å². The predicted molar refractivity (Wildman–Crippen MR) is 36.2 cm³/mol. The lowest BCUT2D eigenvalue weighted by Crippen LogP contribution is -1.83. The van der Waals surface area contributed by atoms with Crippen LogP contribution >= 0.6 is 15.9 Å². The Morgan fingerprint density at radius 2 is 1.90 bits per heavy atom. The van der Waals surface area contributed by atoms with Gasteiger partial charge in [0.1, 0.15) is 0 Å². The summed E-state index contributed by atoms with van der Waals surface area (Å²) in [6.07, 6.45) is 0. The molecule has 0 bridgehead atoms. The van der Waals surface area contributed by atoms with Crippen LogP contribution in [0.25, 0.3) is 0 Å². The molecule has 0 spiro atoms. The third-order valence-electron chi connectivity index (χ3n) is 0.696. The van der Waals surface area contributed by atoms with Crippen LogP contribution in [0.1, 0.15) is 0 Å². The Bertz CT molecular complexity index is 166. The zero-order chi connectivity index (χ0) is 8.20. The third-order valence-corrected chi connectivity index (χ3v) is 3.38. The topological polar surface area (TPSA) is 61.8 Å². The first-order valence-corrected chi connectivity index (χ1v) is 5.44. The maximum Gasteiger partial charge on any atom is 0.705 e. The normalized spacial score (nSPS) is 18.1. The Hall–Kier alpha value is 0.210. The molecule has 0 aliphatic heterocycles. The molecule has 0 N–H and O–H groups in total. The molecule has 0 aromatic carbocycles. The summed E-state index contributed by atoms with van der Waals surface area (Å²) in [5.41, 5.74) is 0. The summed E-state index contributed by atoms with van der Waals surface area (Å²) in [6.45, 7) is 1.21. The molecule has 0 radical (unpaired) electrons. The summed E-state index contributed by atoms with van der Waals surface area (Å²) < 4.78 is 34.2. The van der Waals surface area contributed by atoms with Gasteiger partial charge in [0, 0.05) is 18.3 Å². The lowest BCUT2D eigenvalue weighted by Gasteiger charge is -1.98. The van der Waals surface area contributed by atoms with Crippen LogP contribution in [0.2, 0.25) is 0 Å². The van der Waals surface area contributed by atoms with Gasteiger partial charge in [-0.05, 0) is 4.31 Å². The molecular formula is C3H9O5P2+. The highest BCUT2D eigenvalue weighted by atomic mass is 31.2. The first-order chi connectivity index (χ1) is 4.52. The molecule has 60 valence electrons. The van der Waals surface area contributed by atoms with Gasteiger partial charge < -0.3 is 4.52 Å². The molecular weight excluding hydrogens is 178 g/mol. The molecule has 10 heavy (non-hydrogen) atoms. The second-order valence-corrected chi connectivity index (χ2v) is 4.82. The van der Waals surface area contributed by atoms with Crippen molar-refractivity contribution < 1.29 is 22.5 Å². The van der Waals surface area contributed by atoms with Crippen LogP contribution in [0.3, 0.4) is 0 Å². The molecule has 5 nitrogen and oxygen atoms in total. The van der Waals surface area contributed by atoms with E-state index in [0.717, 1.165) is 0 Å². The fourth-order valence-corrected chi connectivity index (χ4v) is 1.69. The highest BCUT2D eigenvalue weighted by Crippen LogP contribution is 2.51. The second-order valence-electron chi connectivity index (χ2n) is 1.44. The molecule has 0 saturated heterocycles. The van der Waals surface area contributed by atoms with Gasteiger partial charge in [-0.25, -0.2) is 0 Å². The van der Waals surface area contributed by atoms with Gasteiger partial charge in [0.15, 0.2) is 0 Å². The van der Waals surface area contributed by atoms with E-state index in [0.29, 0.717) is 0 Å². The molecule has 2 unspecified atom stereocenters. The van der Waals surface area contributed by atoms with Crippen LogP contribution < -0.4 is 0 Å². The molecule has 2 atom stereocenters. The summed E-state index contributed by atoms with van der Waals surface area (Å²) in [7, 11) is -3.07. The van der Waals surface area contributed by atoms with Crippen molar-refractivity contribution in [3.8, 4) is 0 Å². The first kappa shape index (κ1) is 10.2. The molecule has 0 rings (SSSR count). The van der Waals surface area contributed by atoms with E-state index in [-0.39, 0.29) is 0 Å². The SMILES string of the molecule is CO[P+](=O)OP(C)(=O)OC. The van der Waals surface area contributed by atoms with E-state index in [9.17, 15) is 9.13 Å². The van der Waals surface area contributed by atoms with E-state index in [4.69, 9.17) is 0 Å². The quantitative estimate of drug-likeness (QED) is 0.627. The maximum absolute atomic E-state index is 10.8. The van der Waals surface area contributed by atoms with Crippen LogP contribution in [0.4, 0.5) is 0 Å². The molecule has 0 fully saturated rings. The lowest BCUT2D eigenvalue weighted by molar-refractivity contribution is 0.296. The van der Waals surface area contributed by atoms with Crippen molar-refractivity contribution in [3.05, 3.63) is 0 Å². The zero-order valence-electron chi connectivity index (χ0n) is 5.94. The summed E-state index contributed by atoms with van der Waals surface area (Å²) in [6, 6.07) is 0. The van der Waals surface area contributed by atoms with Crippen molar-refractivity contribution in [2.24, 2.45) is 0 Å². The van der Waals surface area contributed by atoms with Crippen LogP contribution in [0.5, 0.6) is 0 Å². The third kappa shape index (κ3) is 4.09. The van der Waals surface area contributed by atoms with Gasteiger partial charge in [-0.3, -0.25) is 4.57 Å². The minimum atomic E-state index is -3.15. The Morgan fingerprint density at radius 3 is 2.20 bits per heavy atom. The standard InChI is InChI=1S/C3H9O5P2/c1-6-9(4)8-10(3,5)7-2/h1-3H3/q+1. The van der Waals surface area contributed by atoms with E-state index in [1.165, 1.54) is 20.9 Å². The van der Waals surface area contributed by atoms with Crippen molar-refractivity contribution in [3.63, 3.8) is 0 Å². The minimum absolute atomic E-state index is 1.19. The summed E-state index contributed by atoms with van der Waals surface area (Å²) in [5.74, 6) is 0. The van der Waals surface area contributed by atoms with Gasteiger partial charge in [0.05, 0.1) is 7.11 Å². The van der Waals surface area contributed by atoms with Crippen molar-refractivity contribution in [2.75, 3.05) is 20.9 Å². The highest BCUT2D eigenvalue weighted by Gasteiger charge is 2.31. The van der Waals surface area contributed by atoms with Crippen LogP contribution in [0.15, 0.2) is 0 Å². The molecule has 0 aromatic rings. The number of rotatable bonds is 4. The van der Waals surface area contributed by atoms with Gasteiger partial charge in [0.25, 0.3) is 0 Å². The van der Waals surface area contributed by atoms with Crippen molar-refractivity contribution >= 4 is 15.9 Å². The fourth-order valence-electron chi connectivity index (χ4n) is 0.188. The van der Waals surface area contributed by atoms with E-state index >= 15 is 0 Å². The summed E-state index contributed by atoms with van der Waals surface area (Å²) >= 11 is 0. The Kier molecular flexibility index (Phi) is 4.25. The van der Waals surface area contributed by atoms with Gasteiger partial charge >= 0.3 is 15.9 Å². The van der Waals surface area contributed by atoms with E-state index < -0.39 is 15.9 Å². The monoisotopic (exact) mass is 187 g/mol. The van der Waals surface area contributed by atoms with Crippen LogP contribution in [-0.2, 0) is 22.5 Å².